The molecule has 1 fully saturated rings. The van der Waals surface area contributed by atoms with Gasteiger partial charge in [0.15, 0.2) is 0 Å². The molecule has 18 heavy (non-hydrogen) atoms. The third-order valence-electron chi connectivity index (χ3n) is 3.90. The third kappa shape index (κ3) is 2.95. The van der Waals surface area contributed by atoms with E-state index in [0.717, 1.165) is 12.5 Å². The van der Waals surface area contributed by atoms with E-state index in [4.69, 9.17) is 5.73 Å². The van der Waals surface area contributed by atoms with E-state index in [1.165, 1.54) is 36.2 Å². The summed E-state index contributed by atoms with van der Waals surface area (Å²) in [4.78, 5) is 4.16. The van der Waals surface area contributed by atoms with E-state index in [1.807, 2.05) is 11.3 Å². The largest absolute Gasteiger partial charge is 0.326 e. The van der Waals surface area contributed by atoms with Gasteiger partial charge >= 0.3 is 0 Å². The number of hydrogen-bond acceptors (Lipinski definition) is 3. The molecule has 1 aliphatic carbocycles. The van der Waals surface area contributed by atoms with Gasteiger partial charge < -0.3 is 5.73 Å². The molecule has 0 saturated heterocycles. The van der Waals surface area contributed by atoms with Crippen molar-refractivity contribution in [2.75, 3.05) is 6.54 Å². The summed E-state index contributed by atoms with van der Waals surface area (Å²) in [6.07, 6.45) is 4.98. The Morgan fingerprint density at radius 1 is 1.44 bits per heavy atom. The van der Waals surface area contributed by atoms with E-state index in [1.54, 1.807) is 0 Å². The van der Waals surface area contributed by atoms with Crippen LogP contribution in [0.25, 0.3) is 0 Å². The van der Waals surface area contributed by atoms with E-state index in [0.29, 0.717) is 6.04 Å². The Morgan fingerprint density at radius 3 is 2.61 bits per heavy atom. The normalized spacial score (nSPS) is 19.2. The molecule has 102 valence electrons. The maximum atomic E-state index is 6.44. The van der Waals surface area contributed by atoms with Gasteiger partial charge in [0.05, 0.1) is 6.04 Å². The Bertz CT molecular complexity index is 370. The third-order valence-corrected chi connectivity index (χ3v) is 4.99. The average molecular weight is 266 g/mol. The highest BCUT2D eigenvalue weighted by atomic mass is 32.1. The minimum Gasteiger partial charge on any atom is -0.326 e. The van der Waals surface area contributed by atoms with Crippen molar-refractivity contribution in [1.82, 2.24) is 4.90 Å². The van der Waals surface area contributed by atoms with Crippen LogP contribution in [0, 0.1) is 6.92 Å². The summed E-state index contributed by atoms with van der Waals surface area (Å²) in [6, 6.07) is 3.71. The van der Waals surface area contributed by atoms with Crippen LogP contribution in [0.4, 0.5) is 0 Å². The summed E-state index contributed by atoms with van der Waals surface area (Å²) in [5.74, 6) is 0. The van der Waals surface area contributed by atoms with Crippen LogP contribution >= 0.6 is 11.3 Å². The molecule has 0 radical (unpaired) electrons. The summed E-state index contributed by atoms with van der Waals surface area (Å²) < 4.78 is 0. The molecule has 0 spiro atoms. The summed E-state index contributed by atoms with van der Waals surface area (Å²) >= 11 is 1.88. The molecule has 0 amide bonds. The molecule has 2 unspecified atom stereocenters. The highest BCUT2D eigenvalue weighted by Gasteiger charge is 2.37. The number of nitrogens with two attached hydrogens (primary N) is 1. The van der Waals surface area contributed by atoms with E-state index in [9.17, 15) is 0 Å². The second-order valence-corrected chi connectivity index (χ2v) is 6.40. The number of thiophene rings is 1. The molecule has 2 nitrogen and oxygen atoms in total. The fourth-order valence-electron chi connectivity index (χ4n) is 2.71. The minimum absolute atomic E-state index is 0.259. The number of hydrogen-bond donors (Lipinski definition) is 1. The fraction of sp³-hybridized carbons (Fsp3) is 0.733. The lowest BCUT2D eigenvalue weighted by Gasteiger charge is -2.35. The smallest absolute Gasteiger partial charge is 0.0598 e. The predicted octanol–water partition coefficient (Wildman–Crippen LogP) is 3.71. The zero-order chi connectivity index (χ0) is 13.1. The van der Waals surface area contributed by atoms with E-state index in [-0.39, 0.29) is 6.04 Å². The topological polar surface area (TPSA) is 29.3 Å². The molecule has 1 heterocycles. The molecule has 1 aromatic heterocycles. The van der Waals surface area contributed by atoms with Crippen molar-refractivity contribution in [2.45, 2.75) is 64.6 Å². The maximum Gasteiger partial charge on any atom is 0.0598 e. The molecular weight excluding hydrogens is 240 g/mol. The van der Waals surface area contributed by atoms with Crippen molar-refractivity contribution in [1.29, 1.82) is 0 Å². The van der Waals surface area contributed by atoms with Gasteiger partial charge in [-0.05, 0) is 56.2 Å². The quantitative estimate of drug-likeness (QED) is 0.815. The van der Waals surface area contributed by atoms with Crippen LogP contribution in [-0.4, -0.2) is 23.5 Å². The molecular formula is C15H26N2S. The lowest BCUT2D eigenvalue weighted by Crippen LogP contribution is -2.42. The van der Waals surface area contributed by atoms with Gasteiger partial charge in [-0.25, -0.2) is 0 Å². The summed E-state index contributed by atoms with van der Waals surface area (Å²) in [6.45, 7) is 7.88. The first-order valence-corrected chi connectivity index (χ1v) is 8.12. The molecule has 1 aromatic rings. The lowest BCUT2D eigenvalue weighted by atomic mass is 10.00. The number of rotatable bonds is 7. The average Bonchev–Trinajstić information content (AvgIpc) is 3.13. The van der Waals surface area contributed by atoms with Gasteiger partial charge in [0, 0.05) is 17.0 Å². The van der Waals surface area contributed by atoms with Gasteiger partial charge in [-0.1, -0.05) is 13.8 Å². The van der Waals surface area contributed by atoms with Crippen LogP contribution in [0.5, 0.6) is 0 Å². The lowest BCUT2D eigenvalue weighted by molar-refractivity contribution is 0.162. The highest BCUT2D eigenvalue weighted by molar-refractivity contribution is 7.10. The van der Waals surface area contributed by atoms with Crippen molar-refractivity contribution in [3.05, 3.63) is 21.9 Å². The molecule has 0 aliphatic heterocycles. The molecule has 0 bridgehead atoms. The molecule has 2 N–H and O–H groups in total. The second-order valence-electron chi connectivity index (χ2n) is 5.45. The Balaban J connectivity index is 2.25. The fourth-order valence-corrected chi connectivity index (χ4v) is 3.84. The first-order valence-electron chi connectivity index (χ1n) is 7.24. The van der Waals surface area contributed by atoms with Gasteiger partial charge in [0.2, 0.25) is 0 Å². The van der Waals surface area contributed by atoms with Crippen LogP contribution < -0.4 is 5.73 Å². The highest BCUT2D eigenvalue weighted by Crippen LogP contribution is 2.39. The molecule has 1 saturated carbocycles. The van der Waals surface area contributed by atoms with Crippen molar-refractivity contribution in [3.63, 3.8) is 0 Å². The van der Waals surface area contributed by atoms with Gasteiger partial charge in [0.1, 0.15) is 0 Å². The van der Waals surface area contributed by atoms with Crippen LogP contribution in [0.2, 0.25) is 0 Å². The van der Waals surface area contributed by atoms with Crippen molar-refractivity contribution in [2.24, 2.45) is 5.73 Å². The first kappa shape index (κ1) is 14.0. The Labute approximate surface area is 115 Å². The summed E-state index contributed by atoms with van der Waals surface area (Å²) in [5, 5.41) is 2.21. The predicted molar refractivity (Wildman–Crippen MR) is 80.1 cm³/mol. The zero-order valence-corrected chi connectivity index (χ0v) is 12.7. The molecule has 0 aromatic carbocycles. The van der Waals surface area contributed by atoms with E-state index >= 15 is 0 Å². The number of aryl methyl sites for hydroxylation is 1. The molecule has 1 aliphatic rings. The van der Waals surface area contributed by atoms with Gasteiger partial charge in [-0.15, -0.1) is 11.3 Å². The van der Waals surface area contributed by atoms with E-state index in [2.05, 4.69) is 37.1 Å². The number of nitrogens with zero attached hydrogens (tertiary/aromatic N) is 1. The maximum absolute atomic E-state index is 6.44. The van der Waals surface area contributed by atoms with Crippen molar-refractivity contribution in [3.8, 4) is 0 Å². The molecule has 3 heteroatoms. The van der Waals surface area contributed by atoms with Gasteiger partial charge in [-0.2, -0.15) is 0 Å². The van der Waals surface area contributed by atoms with Crippen LogP contribution in [0.3, 0.4) is 0 Å². The monoisotopic (exact) mass is 266 g/mol. The van der Waals surface area contributed by atoms with E-state index < -0.39 is 0 Å². The van der Waals surface area contributed by atoms with Crippen molar-refractivity contribution < 1.29 is 0 Å². The van der Waals surface area contributed by atoms with Crippen LogP contribution in [-0.2, 0) is 0 Å². The van der Waals surface area contributed by atoms with Gasteiger partial charge in [0.25, 0.3) is 0 Å². The molecule has 2 rings (SSSR count). The second kappa shape index (κ2) is 6.18. The van der Waals surface area contributed by atoms with Crippen LogP contribution in [0.1, 0.15) is 56.0 Å². The Hall–Kier alpha value is -0.380. The molecule has 2 atom stereocenters. The first-order chi connectivity index (χ1) is 8.69. The SMILES string of the molecule is CCCN(C1CC1)C(c1sccc1C)C(N)CC. The summed E-state index contributed by atoms with van der Waals surface area (Å²) in [7, 11) is 0. The van der Waals surface area contributed by atoms with Crippen molar-refractivity contribution >= 4 is 11.3 Å². The van der Waals surface area contributed by atoms with Crippen LogP contribution in [0.15, 0.2) is 11.4 Å². The zero-order valence-electron chi connectivity index (χ0n) is 11.9. The standard InChI is InChI=1S/C15H26N2S/c1-4-9-17(12-6-7-12)14(13(16)5-2)15-11(3)8-10-18-15/h8,10,12-14H,4-7,9,16H2,1-3H3. The van der Waals surface area contributed by atoms with Gasteiger partial charge in [-0.3, -0.25) is 4.90 Å². The summed E-state index contributed by atoms with van der Waals surface area (Å²) in [5.41, 5.74) is 7.85. The Morgan fingerprint density at radius 2 is 2.17 bits per heavy atom. The minimum atomic E-state index is 0.259. The Kier molecular flexibility index (Phi) is 4.82.